The molecule has 1 aromatic carbocycles. The Kier molecular flexibility index (Phi) is 5.52. The normalized spacial score (nSPS) is 13.9. The van der Waals surface area contributed by atoms with Crippen LogP contribution in [0, 0.1) is 0 Å². The molecule has 1 aliphatic heterocycles. The molecular formula is C18H20N4O2. The summed E-state index contributed by atoms with van der Waals surface area (Å²) < 4.78 is 5.29. The van der Waals surface area contributed by atoms with Crippen molar-refractivity contribution in [2.75, 3.05) is 30.4 Å². The van der Waals surface area contributed by atoms with E-state index in [9.17, 15) is 4.79 Å². The summed E-state index contributed by atoms with van der Waals surface area (Å²) in [6, 6.07) is 12.7. The number of nitrogens with one attached hydrogen (secondary N) is 2. The molecule has 0 aliphatic carbocycles. The topological polar surface area (TPSA) is 76.1 Å². The van der Waals surface area contributed by atoms with Gasteiger partial charge in [0.15, 0.2) is 5.69 Å². The molecule has 124 valence electrons. The molecule has 1 aliphatic rings. The van der Waals surface area contributed by atoms with Crippen LogP contribution in [0.2, 0.25) is 0 Å². The van der Waals surface area contributed by atoms with E-state index >= 15 is 0 Å². The highest BCUT2D eigenvalue weighted by Gasteiger charge is 2.09. The lowest BCUT2D eigenvalue weighted by atomic mass is 10.1. The van der Waals surface area contributed by atoms with Crippen LogP contribution in [0.4, 0.5) is 11.5 Å². The Morgan fingerprint density at radius 2 is 2.00 bits per heavy atom. The van der Waals surface area contributed by atoms with Gasteiger partial charge in [0.05, 0.1) is 13.2 Å². The fourth-order valence-corrected chi connectivity index (χ4v) is 2.41. The standard InChI is InChI=1S/C18H20N4O2/c23-18(20-15-4-2-1-3-5-15)16-6-7-17(22-21-16)19-11-8-14-9-12-24-13-10-14/h1-7,9H,8,10-13H2,(H,19,22)(H,20,23). The number of carbonyl (C=O) groups is 1. The zero-order valence-corrected chi connectivity index (χ0v) is 13.4. The number of para-hydroxylation sites is 1. The molecule has 2 N–H and O–H groups in total. The van der Waals surface area contributed by atoms with Crippen molar-refractivity contribution < 1.29 is 9.53 Å². The van der Waals surface area contributed by atoms with Crippen LogP contribution < -0.4 is 10.6 Å². The van der Waals surface area contributed by atoms with Gasteiger partial charge in [-0.1, -0.05) is 29.8 Å². The van der Waals surface area contributed by atoms with E-state index in [1.165, 1.54) is 5.57 Å². The highest BCUT2D eigenvalue weighted by atomic mass is 16.5. The summed E-state index contributed by atoms with van der Waals surface area (Å²) in [6.45, 7) is 2.30. The third-order valence-corrected chi connectivity index (χ3v) is 3.74. The van der Waals surface area contributed by atoms with Gasteiger partial charge in [0.1, 0.15) is 5.82 Å². The molecule has 1 amide bonds. The summed E-state index contributed by atoms with van der Waals surface area (Å²) in [5.41, 5.74) is 2.42. The van der Waals surface area contributed by atoms with Crippen molar-refractivity contribution in [1.29, 1.82) is 0 Å². The van der Waals surface area contributed by atoms with Crippen molar-refractivity contribution in [3.05, 3.63) is 59.8 Å². The molecule has 0 bridgehead atoms. The second kappa shape index (κ2) is 8.21. The molecule has 2 heterocycles. The highest BCUT2D eigenvalue weighted by Crippen LogP contribution is 2.12. The van der Waals surface area contributed by atoms with Crippen LogP contribution in [0.1, 0.15) is 23.3 Å². The predicted molar refractivity (Wildman–Crippen MR) is 93.1 cm³/mol. The number of hydrogen-bond acceptors (Lipinski definition) is 5. The summed E-state index contributed by atoms with van der Waals surface area (Å²) in [5, 5.41) is 14.0. The maximum atomic E-state index is 12.1. The third-order valence-electron chi connectivity index (χ3n) is 3.74. The van der Waals surface area contributed by atoms with E-state index in [1.54, 1.807) is 12.1 Å². The molecule has 1 aromatic heterocycles. The largest absolute Gasteiger partial charge is 0.377 e. The van der Waals surface area contributed by atoms with Gasteiger partial charge in [0.2, 0.25) is 0 Å². The fourth-order valence-electron chi connectivity index (χ4n) is 2.41. The number of amides is 1. The second-order valence-corrected chi connectivity index (χ2v) is 5.49. The van der Waals surface area contributed by atoms with Crippen molar-refractivity contribution in [2.24, 2.45) is 0 Å². The van der Waals surface area contributed by atoms with Crippen LogP contribution in [0.3, 0.4) is 0 Å². The first-order chi connectivity index (χ1) is 11.8. The Labute approximate surface area is 140 Å². The Morgan fingerprint density at radius 3 is 2.71 bits per heavy atom. The van der Waals surface area contributed by atoms with Gasteiger partial charge < -0.3 is 15.4 Å². The number of anilines is 2. The summed E-state index contributed by atoms with van der Waals surface area (Å²) in [7, 11) is 0. The molecular weight excluding hydrogens is 304 g/mol. The number of rotatable bonds is 6. The number of hydrogen-bond donors (Lipinski definition) is 2. The molecule has 2 aromatic rings. The van der Waals surface area contributed by atoms with E-state index in [-0.39, 0.29) is 11.6 Å². The van der Waals surface area contributed by atoms with Gasteiger partial charge in [-0.3, -0.25) is 4.79 Å². The molecule has 24 heavy (non-hydrogen) atoms. The number of nitrogens with zero attached hydrogens (tertiary/aromatic N) is 2. The zero-order valence-electron chi connectivity index (χ0n) is 13.4. The van der Waals surface area contributed by atoms with Crippen LogP contribution in [-0.4, -0.2) is 35.9 Å². The summed E-state index contributed by atoms with van der Waals surface area (Å²) in [4.78, 5) is 12.1. The predicted octanol–water partition coefficient (Wildman–Crippen LogP) is 2.88. The van der Waals surface area contributed by atoms with Gasteiger partial charge >= 0.3 is 0 Å². The molecule has 0 unspecified atom stereocenters. The molecule has 0 spiro atoms. The quantitative estimate of drug-likeness (QED) is 0.799. The molecule has 0 saturated carbocycles. The summed E-state index contributed by atoms with van der Waals surface area (Å²) in [5.74, 6) is 0.395. The average Bonchev–Trinajstić information content (AvgIpc) is 2.64. The second-order valence-electron chi connectivity index (χ2n) is 5.49. The molecule has 0 saturated heterocycles. The fraction of sp³-hybridized carbons (Fsp3) is 0.278. The molecule has 0 radical (unpaired) electrons. The van der Waals surface area contributed by atoms with Gasteiger partial charge in [-0.25, -0.2) is 0 Å². The van der Waals surface area contributed by atoms with Crippen LogP contribution in [-0.2, 0) is 4.74 Å². The number of aromatic nitrogens is 2. The average molecular weight is 324 g/mol. The maximum absolute atomic E-state index is 12.1. The van der Waals surface area contributed by atoms with Crippen LogP contribution >= 0.6 is 0 Å². The first-order valence-electron chi connectivity index (χ1n) is 8.01. The van der Waals surface area contributed by atoms with Gasteiger partial charge in [-0.2, -0.15) is 0 Å². The summed E-state index contributed by atoms with van der Waals surface area (Å²) >= 11 is 0. The molecule has 6 heteroatoms. The Balaban J connectivity index is 1.49. The molecule has 3 rings (SSSR count). The lowest BCUT2D eigenvalue weighted by molar-refractivity contribution is 0.102. The Hall–Kier alpha value is -2.73. The van der Waals surface area contributed by atoms with E-state index in [4.69, 9.17) is 4.74 Å². The minimum absolute atomic E-state index is 0.271. The maximum Gasteiger partial charge on any atom is 0.276 e. The lowest BCUT2D eigenvalue weighted by Gasteiger charge is -2.13. The van der Waals surface area contributed by atoms with E-state index in [0.29, 0.717) is 12.4 Å². The molecule has 0 fully saturated rings. The van der Waals surface area contributed by atoms with Gasteiger partial charge in [0, 0.05) is 12.2 Å². The van der Waals surface area contributed by atoms with Crippen LogP contribution in [0.25, 0.3) is 0 Å². The van der Waals surface area contributed by atoms with E-state index < -0.39 is 0 Å². The van der Waals surface area contributed by atoms with Crippen LogP contribution in [0.15, 0.2) is 54.1 Å². The first kappa shape index (κ1) is 16.1. The van der Waals surface area contributed by atoms with Gasteiger partial charge in [-0.05, 0) is 37.1 Å². The van der Waals surface area contributed by atoms with Gasteiger partial charge in [-0.15, -0.1) is 10.2 Å². The smallest absolute Gasteiger partial charge is 0.276 e. The van der Waals surface area contributed by atoms with E-state index in [1.807, 2.05) is 30.3 Å². The lowest BCUT2D eigenvalue weighted by Crippen LogP contribution is -2.15. The monoisotopic (exact) mass is 324 g/mol. The Morgan fingerprint density at radius 1 is 1.12 bits per heavy atom. The van der Waals surface area contributed by atoms with Crippen molar-refractivity contribution in [1.82, 2.24) is 10.2 Å². The molecule has 6 nitrogen and oxygen atoms in total. The Bertz CT molecular complexity index is 699. The van der Waals surface area contributed by atoms with Crippen molar-refractivity contribution in [3.8, 4) is 0 Å². The SMILES string of the molecule is O=C(Nc1ccccc1)c1ccc(NCCC2=CCOCC2)nn1. The first-order valence-corrected chi connectivity index (χ1v) is 8.01. The van der Waals surface area contributed by atoms with Crippen LogP contribution in [0.5, 0.6) is 0 Å². The van der Waals surface area contributed by atoms with Crippen molar-refractivity contribution in [2.45, 2.75) is 12.8 Å². The highest BCUT2D eigenvalue weighted by molar-refractivity contribution is 6.02. The van der Waals surface area contributed by atoms with Crippen molar-refractivity contribution in [3.63, 3.8) is 0 Å². The number of carbonyl (C=O) groups excluding carboxylic acids is 1. The number of benzene rings is 1. The van der Waals surface area contributed by atoms with Gasteiger partial charge in [0.25, 0.3) is 5.91 Å². The minimum Gasteiger partial charge on any atom is -0.377 e. The van der Waals surface area contributed by atoms with E-state index in [2.05, 4.69) is 26.9 Å². The third kappa shape index (κ3) is 4.63. The minimum atomic E-state index is -0.271. The molecule has 0 atom stereocenters. The summed E-state index contributed by atoms with van der Waals surface area (Å²) in [6.07, 6.45) is 4.08. The zero-order chi connectivity index (χ0) is 16.6. The van der Waals surface area contributed by atoms with Crippen molar-refractivity contribution >= 4 is 17.4 Å². The number of ether oxygens (including phenoxy) is 1. The van der Waals surface area contributed by atoms with E-state index in [0.717, 1.165) is 31.7 Å².